The molecular formula is C8H8FN. The van der Waals surface area contributed by atoms with E-state index in [1.54, 1.807) is 24.3 Å². The first kappa shape index (κ1) is 6.93. The van der Waals surface area contributed by atoms with Gasteiger partial charge in [0.1, 0.15) is 0 Å². The maximum atomic E-state index is 12.6. The van der Waals surface area contributed by atoms with E-state index < -0.39 is 5.97 Å². The lowest BCUT2D eigenvalue weighted by molar-refractivity contribution is 0.803. The van der Waals surface area contributed by atoms with Crippen molar-refractivity contribution in [3.63, 3.8) is 0 Å². The Morgan fingerprint density at radius 1 is 1.30 bits per heavy atom. The third-order valence-corrected chi connectivity index (χ3v) is 1.21. The summed E-state index contributed by atoms with van der Waals surface area (Å²) in [4.78, 5) is 3.41. The molecule has 1 aromatic carbocycles. The van der Waals surface area contributed by atoms with Crippen molar-refractivity contribution >= 4 is 5.97 Å². The van der Waals surface area contributed by atoms with Crippen molar-refractivity contribution in [1.29, 1.82) is 0 Å². The third-order valence-electron chi connectivity index (χ3n) is 1.21. The second kappa shape index (κ2) is 3.11. The molecular weight excluding hydrogens is 129 g/mol. The summed E-state index contributed by atoms with van der Waals surface area (Å²) in [6.45, 7) is 0. The van der Waals surface area contributed by atoms with Gasteiger partial charge in [-0.3, -0.25) is 4.99 Å². The molecule has 0 unspecified atom stereocenters. The molecule has 10 heavy (non-hydrogen) atoms. The molecule has 0 N–H and O–H groups in total. The van der Waals surface area contributed by atoms with Gasteiger partial charge in [0, 0.05) is 12.6 Å². The molecule has 0 aliphatic carbocycles. The topological polar surface area (TPSA) is 12.4 Å². The number of hydrogen-bond acceptors (Lipinski definition) is 1. The summed E-state index contributed by atoms with van der Waals surface area (Å²) < 4.78 is 12.6. The van der Waals surface area contributed by atoms with Gasteiger partial charge < -0.3 is 0 Å². The molecule has 0 radical (unpaired) electrons. The Kier molecular flexibility index (Phi) is 2.15. The maximum Gasteiger partial charge on any atom is 0.215 e. The third kappa shape index (κ3) is 1.41. The van der Waals surface area contributed by atoms with Gasteiger partial charge in [-0.05, 0) is 0 Å². The fourth-order valence-electron chi connectivity index (χ4n) is 0.705. The summed E-state index contributed by atoms with van der Waals surface area (Å²) in [5, 5.41) is 0. The van der Waals surface area contributed by atoms with Gasteiger partial charge in [-0.1, -0.05) is 30.3 Å². The molecule has 0 saturated heterocycles. The van der Waals surface area contributed by atoms with Crippen LogP contribution in [0.4, 0.5) is 4.39 Å². The predicted octanol–water partition coefficient (Wildman–Crippen LogP) is 2.03. The summed E-state index contributed by atoms with van der Waals surface area (Å²) >= 11 is 0. The molecule has 0 aromatic heterocycles. The lowest BCUT2D eigenvalue weighted by Crippen LogP contribution is -1.89. The highest BCUT2D eigenvalue weighted by atomic mass is 19.1. The molecule has 0 saturated carbocycles. The van der Waals surface area contributed by atoms with Crippen LogP contribution in [0.2, 0.25) is 0 Å². The standard InChI is InChI=1S/C8H8FN/c1-10-8(9)7-5-3-2-4-6-7/h2-6H,1H3. The van der Waals surface area contributed by atoms with E-state index in [4.69, 9.17) is 0 Å². The van der Waals surface area contributed by atoms with E-state index in [1.165, 1.54) is 7.05 Å². The van der Waals surface area contributed by atoms with Gasteiger partial charge in [-0.15, -0.1) is 0 Å². The maximum absolute atomic E-state index is 12.6. The molecule has 0 fully saturated rings. The van der Waals surface area contributed by atoms with Crippen LogP contribution < -0.4 is 0 Å². The van der Waals surface area contributed by atoms with Crippen LogP contribution in [0.5, 0.6) is 0 Å². The minimum atomic E-state index is -0.416. The molecule has 0 spiro atoms. The van der Waals surface area contributed by atoms with E-state index in [0.29, 0.717) is 5.56 Å². The average Bonchev–Trinajstić information content (AvgIpc) is 2.05. The highest BCUT2D eigenvalue weighted by molar-refractivity contribution is 5.92. The highest BCUT2D eigenvalue weighted by Gasteiger charge is 1.95. The zero-order valence-corrected chi connectivity index (χ0v) is 5.71. The Bertz CT molecular complexity index is 228. The van der Waals surface area contributed by atoms with E-state index in [0.717, 1.165) is 0 Å². The quantitative estimate of drug-likeness (QED) is 0.525. The van der Waals surface area contributed by atoms with Crippen LogP contribution in [0.3, 0.4) is 0 Å². The lowest BCUT2D eigenvalue weighted by atomic mass is 10.2. The monoisotopic (exact) mass is 137 g/mol. The van der Waals surface area contributed by atoms with E-state index in [1.807, 2.05) is 6.07 Å². The summed E-state index contributed by atoms with van der Waals surface area (Å²) in [5.74, 6) is -0.416. The Morgan fingerprint density at radius 2 is 1.90 bits per heavy atom. The number of halogens is 1. The number of aliphatic imine (C=N–C) groups is 1. The summed E-state index contributed by atoms with van der Waals surface area (Å²) in [6, 6.07) is 8.76. The number of nitrogens with zero attached hydrogens (tertiary/aromatic N) is 1. The van der Waals surface area contributed by atoms with Crippen LogP contribution in [0, 0.1) is 0 Å². The second-order valence-electron chi connectivity index (χ2n) is 1.88. The van der Waals surface area contributed by atoms with Crippen molar-refractivity contribution < 1.29 is 4.39 Å². The molecule has 0 aliphatic heterocycles. The molecule has 1 rings (SSSR count). The summed E-state index contributed by atoms with van der Waals surface area (Å²) in [6.07, 6.45) is 0. The second-order valence-corrected chi connectivity index (χ2v) is 1.88. The van der Waals surface area contributed by atoms with Crippen molar-refractivity contribution in [2.75, 3.05) is 7.05 Å². The first-order chi connectivity index (χ1) is 4.84. The van der Waals surface area contributed by atoms with E-state index in [2.05, 4.69) is 4.99 Å². The largest absolute Gasteiger partial charge is 0.261 e. The lowest BCUT2D eigenvalue weighted by Gasteiger charge is -1.91. The molecule has 0 bridgehead atoms. The van der Waals surface area contributed by atoms with Crippen molar-refractivity contribution in [3.05, 3.63) is 35.9 Å². The van der Waals surface area contributed by atoms with Crippen LogP contribution in [-0.2, 0) is 0 Å². The smallest absolute Gasteiger partial charge is 0.215 e. The Hall–Kier alpha value is -1.18. The van der Waals surface area contributed by atoms with E-state index in [-0.39, 0.29) is 0 Å². The minimum Gasteiger partial charge on any atom is -0.261 e. The van der Waals surface area contributed by atoms with Gasteiger partial charge in [0.2, 0.25) is 5.97 Å². The van der Waals surface area contributed by atoms with Crippen LogP contribution in [-0.4, -0.2) is 13.0 Å². The first-order valence-electron chi connectivity index (χ1n) is 3.02. The van der Waals surface area contributed by atoms with Gasteiger partial charge in [0.05, 0.1) is 0 Å². The van der Waals surface area contributed by atoms with Crippen LogP contribution in [0.1, 0.15) is 5.56 Å². The van der Waals surface area contributed by atoms with Crippen LogP contribution >= 0.6 is 0 Å². The first-order valence-corrected chi connectivity index (χ1v) is 3.02. The Balaban J connectivity index is 2.96. The SMILES string of the molecule is CN=C(F)c1ccccc1. The molecule has 52 valence electrons. The van der Waals surface area contributed by atoms with Gasteiger partial charge in [0.25, 0.3) is 0 Å². The number of benzene rings is 1. The average molecular weight is 137 g/mol. The zero-order valence-electron chi connectivity index (χ0n) is 5.71. The predicted molar refractivity (Wildman–Crippen MR) is 40.0 cm³/mol. The molecule has 1 aromatic rings. The fraction of sp³-hybridized carbons (Fsp3) is 0.125. The molecule has 2 heteroatoms. The zero-order chi connectivity index (χ0) is 7.40. The Labute approximate surface area is 59.2 Å². The van der Waals surface area contributed by atoms with E-state index >= 15 is 0 Å². The summed E-state index contributed by atoms with van der Waals surface area (Å²) in [7, 11) is 1.43. The number of hydrogen-bond donors (Lipinski definition) is 0. The van der Waals surface area contributed by atoms with Gasteiger partial charge in [-0.2, -0.15) is 4.39 Å². The van der Waals surface area contributed by atoms with Gasteiger partial charge in [0.15, 0.2) is 0 Å². The van der Waals surface area contributed by atoms with E-state index in [9.17, 15) is 4.39 Å². The molecule has 0 amide bonds. The van der Waals surface area contributed by atoms with Crippen molar-refractivity contribution in [2.24, 2.45) is 4.99 Å². The van der Waals surface area contributed by atoms with Crippen molar-refractivity contribution in [3.8, 4) is 0 Å². The highest BCUT2D eigenvalue weighted by Crippen LogP contribution is 2.00. The Morgan fingerprint density at radius 3 is 2.40 bits per heavy atom. The fourth-order valence-corrected chi connectivity index (χ4v) is 0.705. The normalized spacial score (nSPS) is 11.6. The van der Waals surface area contributed by atoms with Crippen LogP contribution in [0.15, 0.2) is 35.3 Å². The van der Waals surface area contributed by atoms with Crippen LogP contribution in [0.25, 0.3) is 0 Å². The van der Waals surface area contributed by atoms with Crippen molar-refractivity contribution in [1.82, 2.24) is 0 Å². The molecule has 1 nitrogen and oxygen atoms in total. The summed E-state index contributed by atoms with van der Waals surface area (Å²) in [5.41, 5.74) is 0.532. The number of rotatable bonds is 1. The van der Waals surface area contributed by atoms with Gasteiger partial charge in [-0.25, -0.2) is 0 Å². The minimum absolute atomic E-state index is 0.416. The van der Waals surface area contributed by atoms with Gasteiger partial charge >= 0.3 is 0 Å². The molecule has 0 heterocycles. The van der Waals surface area contributed by atoms with Crippen molar-refractivity contribution in [2.45, 2.75) is 0 Å². The molecule has 0 atom stereocenters. The molecule has 0 aliphatic rings.